The monoisotopic (exact) mass is 455 g/mol. The van der Waals surface area contributed by atoms with Gasteiger partial charge >= 0.3 is 0 Å². The first-order valence-electron chi connectivity index (χ1n) is 11.4. The van der Waals surface area contributed by atoms with E-state index in [1.165, 1.54) is 24.1 Å². The minimum Gasteiger partial charge on any atom is -0.371 e. The molecule has 0 saturated carbocycles. The maximum absolute atomic E-state index is 11.8. The smallest absolute Gasteiger partial charge is 0.238 e. The zero-order chi connectivity index (χ0) is 22.7. The van der Waals surface area contributed by atoms with Crippen molar-refractivity contribution in [2.75, 3.05) is 25.0 Å². The second-order valence-electron chi connectivity index (χ2n) is 8.72. The molecule has 1 saturated heterocycles. The molecule has 7 nitrogen and oxygen atoms in total. The number of primary sulfonamides is 1. The molecule has 32 heavy (non-hydrogen) atoms. The van der Waals surface area contributed by atoms with Gasteiger partial charge in [-0.3, -0.25) is 4.90 Å². The van der Waals surface area contributed by atoms with Crippen LogP contribution in [0.25, 0.3) is 11.0 Å². The summed E-state index contributed by atoms with van der Waals surface area (Å²) in [5.74, 6) is 0.946. The number of nitrogens with two attached hydrogens (primary N) is 1. The summed E-state index contributed by atoms with van der Waals surface area (Å²) in [6, 6.07) is 13.6. The van der Waals surface area contributed by atoms with E-state index >= 15 is 0 Å². The number of aryl methyl sites for hydroxylation is 1. The van der Waals surface area contributed by atoms with Gasteiger partial charge in [0.1, 0.15) is 5.82 Å². The van der Waals surface area contributed by atoms with Crippen LogP contribution in [0.1, 0.15) is 44.0 Å². The number of rotatable bonds is 9. The van der Waals surface area contributed by atoms with E-state index in [9.17, 15) is 8.42 Å². The molecule has 0 unspecified atom stereocenters. The Morgan fingerprint density at radius 2 is 1.84 bits per heavy atom. The summed E-state index contributed by atoms with van der Waals surface area (Å²) < 4.78 is 25.8. The molecular weight excluding hydrogens is 422 g/mol. The second-order valence-corrected chi connectivity index (χ2v) is 10.3. The van der Waals surface area contributed by atoms with Gasteiger partial charge in [-0.15, -0.1) is 0 Å². The van der Waals surface area contributed by atoms with Crippen molar-refractivity contribution in [3.8, 4) is 0 Å². The summed E-state index contributed by atoms with van der Waals surface area (Å²) in [5.41, 5.74) is 4.28. The molecule has 2 N–H and O–H groups in total. The number of fused-ring (bicyclic) bond motifs is 1. The molecule has 3 aromatic rings. The van der Waals surface area contributed by atoms with E-state index in [0.29, 0.717) is 12.1 Å². The van der Waals surface area contributed by atoms with Gasteiger partial charge in [0.2, 0.25) is 10.0 Å². The largest absolute Gasteiger partial charge is 0.371 e. The Bertz CT molecular complexity index is 1180. The van der Waals surface area contributed by atoms with Gasteiger partial charge in [-0.1, -0.05) is 31.5 Å². The SMILES string of the molecule is CCCCn1c(CN(C)Cc2ccccc2N2CCCC2)nc2cc(S(N)(=O)=O)ccc21. The van der Waals surface area contributed by atoms with Crippen molar-refractivity contribution >= 4 is 26.7 Å². The third-order valence-electron chi connectivity index (χ3n) is 6.15. The van der Waals surface area contributed by atoms with Crippen molar-refractivity contribution < 1.29 is 8.42 Å². The second kappa shape index (κ2) is 9.60. The fraction of sp³-hybridized carbons (Fsp3) is 0.458. The number of aromatic nitrogens is 2. The van der Waals surface area contributed by atoms with Gasteiger partial charge in [0, 0.05) is 31.9 Å². The lowest BCUT2D eigenvalue weighted by molar-refractivity contribution is 0.305. The van der Waals surface area contributed by atoms with Crippen molar-refractivity contribution in [2.24, 2.45) is 5.14 Å². The van der Waals surface area contributed by atoms with Crippen LogP contribution in [0, 0.1) is 0 Å². The Morgan fingerprint density at radius 1 is 1.09 bits per heavy atom. The standard InChI is InChI=1S/C24H33N5O2S/c1-3-4-15-29-23-12-11-20(32(25,30)31)16-21(23)26-24(29)18-27(2)17-19-9-5-6-10-22(19)28-13-7-8-14-28/h5-6,9-12,16H,3-4,7-8,13-15,17-18H2,1-2H3,(H2,25,30,31). The van der Waals surface area contributed by atoms with Gasteiger partial charge in [-0.25, -0.2) is 18.5 Å². The van der Waals surface area contributed by atoms with E-state index in [-0.39, 0.29) is 4.90 Å². The highest BCUT2D eigenvalue weighted by molar-refractivity contribution is 7.89. The number of sulfonamides is 1. The molecule has 0 bridgehead atoms. The van der Waals surface area contributed by atoms with Crippen LogP contribution >= 0.6 is 0 Å². The molecule has 1 aliphatic rings. The third-order valence-corrected chi connectivity index (χ3v) is 7.06. The average Bonchev–Trinajstić information content (AvgIpc) is 3.39. The van der Waals surface area contributed by atoms with Crippen molar-refractivity contribution in [3.63, 3.8) is 0 Å². The zero-order valence-corrected chi connectivity index (χ0v) is 19.8. The number of para-hydroxylation sites is 1. The summed E-state index contributed by atoms with van der Waals surface area (Å²) in [6.07, 6.45) is 4.63. The Kier molecular flexibility index (Phi) is 6.83. The molecule has 0 spiro atoms. The molecule has 1 fully saturated rings. The number of unbranched alkanes of at least 4 members (excludes halogenated alkanes) is 1. The van der Waals surface area contributed by atoms with Gasteiger partial charge in [0.15, 0.2) is 0 Å². The van der Waals surface area contributed by atoms with E-state index in [4.69, 9.17) is 10.1 Å². The Morgan fingerprint density at radius 3 is 2.56 bits per heavy atom. The number of anilines is 1. The molecule has 0 radical (unpaired) electrons. The van der Waals surface area contributed by atoms with E-state index in [2.05, 4.69) is 52.6 Å². The number of hydrogen-bond acceptors (Lipinski definition) is 5. The first-order valence-corrected chi connectivity index (χ1v) is 12.9. The highest BCUT2D eigenvalue weighted by Crippen LogP contribution is 2.26. The Labute approximate surface area is 190 Å². The summed E-state index contributed by atoms with van der Waals surface area (Å²) >= 11 is 0. The van der Waals surface area contributed by atoms with E-state index in [1.54, 1.807) is 12.1 Å². The molecule has 172 valence electrons. The molecule has 0 aliphatic carbocycles. The van der Waals surface area contributed by atoms with Crippen LogP contribution < -0.4 is 10.0 Å². The molecule has 0 atom stereocenters. The summed E-state index contributed by atoms with van der Waals surface area (Å²) in [4.78, 5) is 9.67. The number of nitrogens with zero attached hydrogens (tertiary/aromatic N) is 4. The van der Waals surface area contributed by atoms with E-state index in [1.807, 2.05) is 6.07 Å². The van der Waals surface area contributed by atoms with Crippen molar-refractivity contribution in [2.45, 2.75) is 57.1 Å². The van der Waals surface area contributed by atoms with Gasteiger partial charge in [-0.05, 0) is 56.1 Å². The lowest BCUT2D eigenvalue weighted by Gasteiger charge is -2.24. The van der Waals surface area contributed by atoms with E-state index < -0.39 is 10.0 Å². The topological polar surface area (TPSA) is 84.5 Å². The Balaban J connectivity index is 1.60. The molecule has 1 aliphatic heterocycles. The maximum atomic E-state index is 11.8. The highest BCUT2D eigenvalue weighted by atomic mass is 32.2. The number of imidazole rings is 1. The Hall–Kier alpha value is -2.42. The summed E-state index contributed by atoms with van der Waals surface area (Å²) in [6.45, 7) is 6.78. The fourth-order valence-corrected chi connectivity index (χ4v) is 5.06. The van der Waals surface area contributed by atoms with Crippen LogP contribution in [-0.4, -0.2) is 43.0 Å². The lowest BCUT2D eigenvalue weighted by Crippen LogP contribution is -2.24. The summed E-state index contributed by atoms with van der Waals surface area (Å²) in [7, 11) is -1.64. The van der Waals surface area contributed by atoms with Gasteiger partial charge in [0.25, 0.3) is 0 Å². The quantitative estimate of drug-likeness (QED) is 0.532. The minimum atomic E-state index is -3.76. The fourth-order valence-electron chi connectivity index (χ4n) is 4.52. The number of hydrogen-bond donors (Lipinski definition) is 1. The van der Waals surface area contributed by atoms with Gasteiger partial charge in [-0.2, -0.15) is 0 Å². The normalized spacial score (nSPS) is 14.7. The predicted molar refractivity (Wildman–Crippen MR) is 129 cm³/mol. The van der Waals surface area contributed by atoms with E-state index in [0.717, 1.165) is 50.4 Å². The molecule has 8 heteroatoms. The first kappa shape index (κ1) is 22.8. The zero-order valence-electron chi connectivity index (χ0n) is 19.0. The van der Waals surface area contributed by atoms with Crippen LogP contribution in [0.15, 0.2) is 47.4 Å². The third kappa shape index (κ3) is 4.98. The minimum absolute atomic E-state index is 0.101. The molecule has 1 aromatic heterocycles. The molecule has 2 aromatic carbocycles. The predicted octanol–water partition coefficient (Wildman–Crippen LogP) is 3.72. The van der Waals surface area contributed by atoms with Crippen LogP contribution in [0.3, 0.4) is 0 Å². The van der Waals surface area contributed by atoms with Crippen LogP contribution in [-0.2, 0) is 29.7 Å². The van der Waals surface area contributed by atoms with Gasteiger partial charge < -0.3 is 9.47 Å². The van der Waals surface area contributed by atoms with Crippen LogP contribution in [0.5, 0.6) is 0 Å². The van der Waals surface area contributed by atoms with Crippen molar-refractivity contribution in [1.29, 1.82) is 0 Å². The average molecular weight is 456 g/mol. The number of benzene rings is 2. The van der Waals surface area contributed by atoms with Crippen molar-refractivity contribution in [1.82, 2.24) is 14.5 Å². The lowest BCUT2D eigenvalue weighted by atomic mass is 10.1. The highest BCUT2D eigenvalue weighted by Gasteiger charge is 2.18. The molecule has 4 rings (SSSR count). The van der Waals surface area contributed by atoms with Crippen LogP contribution in [0.4, 0.5) is 5.69 Å². The van der Waals surface area contributed by atoms with Crippen molar-refractivity contribution in [3.05, 3.63) is 53.9 Å². The summed E-state index contributed by atoms with van der Waals surface area (Å²) in [5, 5.41) is 5.33. The first-order chi connectivity index (χ1) is 15.4. The van der Waals surface area contributed by atoms with Gasteiger partial charge in [0.05, 0.1) is 22.5 Å². The molecule has 2 heterocycles. The molecular formula is C24H33N5O2S. The molecule has 0 amide bonds. The maximum Gasteiger partial charge on any atom is 0.238 e. The van der Waals surface area contributed by atoms with Crippen LogP contribution in [0.2, 0.25) is 0 Å².